The van der Waals surface area contributed by atoms with Crippen molar-refractivity contribution >= 4 is 5.69 Å². The van der Waals surface area contributed by atoms with Crippen molar-refractivity contribution in [3.05, 3.63) is 46.2 Å². The molecule has 0 aliphatic heterocycles. The third-order valence-corrected chi connectivity index (χ3v) is 2.64. The number of hydrogen-bond donors (Lipinski definition) is 1. The summed E-state index contributed by atoms with van der Waals surface area (Å²) in [5.74, 6) is 0.00729. The van der Waals surface area contributed by atoms with Crippen molar-refractivity contribution in [3.63, 3.8) is 0 Å². The van der Waals surface area contributed by atoms with Gasteiger partial charge in [-0.2, -0.15) is 0 Å². The molecule has 0 saturated carbocycles. The predicted octanol–water partition coefficient (Wildman–Crippen LogP) is 2.89. The molecule has 6 nitrogen and oxygen atoms in total. The molecular weight excluding hydrogens is 265 g/mol. The average molecular weight is 279 g/mol. The predicted molar refractivity (Wildman–Crippen MR) is 70.5 cm³/mol. The molecule has 0 fully saturated rings. The number of halogens is 1. The van der Waals surface area contributed by atoms with E-state index >= 15 is 0 Å². The first-order chi connectivity index (χ1) is 9.47. The topological polar surface area (TPSA) is 81.2 Å². The highest BCUT2D eigenvalue weighted by Gasteiger charge is 2.19. The van der Waals surface area contributed by atoms with Crippen LogP contribution in [0, 0.1) is 15.9 Å². The first kappa shape index (κ1) is 14.1. The van der Waals surface area contributed by atoms with Crippen molar-refractivity contribution < 1.29 is 13.7 Å². The molecule has 2 aromatic rings. The van der Waals surface area contributed by atoms with Crippen molar-refractivity contribution in [1.29, 1.82) is 0 Å². The molecule has 1 aromatic heterocycles. The minimum absolute atomic E-state index is 0.0818. The van der Waals surface area contributed by atoms with Gasteiger partial charge < -0.3 is 9.73 Å². The summed E-state index contributed by atoms with van der Waals surface area (Å²) in [6, 6.07) is 3.48. The van der Waals surface area contributed by atoms with E-state index in [-0.39, 0.29) is 23.1 Å². The van der Waals surface area contributed by atoms with Crippen LogP contribution in [0.25, 0.3) is 11.3 Å². The zero-order valence-electron chi connectivity index (χ0n) is 11.1. The lowest BCUT2D eigenvalue weighted by molar-refractivity contribution is -0.384. The molecule has 0 bridgehead atoms. The Labute approximate surface area is 114 Å². The van der Waals surface area contributed by atoms with Crippen molar-refractivity contribution in [2.24, 2.45) is 0 Å². The average Bonchev–Trinajstić information content (AvgIpc) is 2.84. The molecule has 106 valence electrons. The Hall–Kier alpha value is -2.28. The van der Waals surface area contributed by atoms with Gasteiger partial charge in [0, 0.05) is 12.1 Å². The SMILES string of the molecule is CC(C)NCc1ncc(-c2cc(F)ccc2[N+](=O)[O-])o1. The molecule has 0 radical (unpaired) electrons. The molecule has 0 spiro atoms. The van der Waals surface area contributed by atoms with Crippen LogP contribution in [0.2, 0.25) is 0 Å². The number of nitrogens with one attached hydrogen (secondary N) is 1. The van der Waals surface area contributed by atoms with Crippen LogP contribution >= 0.6 is 0 Å². The number of nitro groups is 1. The second kappa shape index (κ2) is 5.79. The number of nitrogens with zero attached hydrogens (tertiary/aromatic N) is 2. The Kier molecular flexibility index (Phi) is 4.09. The second-order valence-electron chi connectivity index (χ2n) is 4.57. The molecule has 7 heteroatoms. The van der Waals surface area contributed by atoms with Crippen molar-refractivity contribution in [3.8, 4) is 11.3 Å². The van der Waals surface area contributed by atoms with Crippen LogP contribution in [0.5, 0.6) is 0 Å². The molecule has 0 saturated heterocycles. The maximum absolute atomic E-state index is 13.3. The van der Waals surface area contributed by atoms with Crippen molar-refractivity contribution in [1.82, 2.24) is 10.3 Å². The van der Waals surface area contributed by atoms with E-state index < -0.39 is 10.7 Å². The Morgan fingerprint density at radius 1 is 1.50 bits per heavy atom. The Balaban J connectivity index is 2.32. The number of hydrogen-bond acceptors (Lipinski definition) is 5. The lowest BCUT2D eigenvalue weighted by Crippen LogP contribution is -2.21. The minimum atomic E-state index is -0.580. The molecule has 0 unspecified atom stereocenters. The summed E-state index contributed by atoms with van der Waals surface area (Å²) >= 11 is 0. The highest BCUT2D eigenvalue weighted by molar-refractivity contribution is 5.68. The quantitative estimate of drug-likeness (QED) is 0.672. The minimum Gasteiger partial charge on any atom is -0.439 e. The van der Waals surface area contributed by atoms with Gasteiger partial charge in [0.1, 0.15) is 5.82 Å². The zero-order chi connectivity index (χ0) is 14.7. The van der Waals surface area contributed by atoms with Gasteiger partial charge in [0.05, 0.1) is 23.2 Å². The van der Waals surface area contributed by atoms with Gasteiger partial charge in [-0.3, -0.25) is 10.1 Å². The second-order valence-corrected chi connectivity index (χ2v) is 4.57. The molecule has 0 aliphatic carbocycles. The molecule has 20 heavy (non-hydrogen) atoms. The van der Waals surface area contributed by atoms with Gasteiger partial charge in [-0.1, -0.05) is 13.8 Å². The summed E-state index contributed by atoms with van der Waals surface area (Å²) in [4.78, 5) is 14.4. The summed E-state index contributed by atoms with van der Waals surface area (Å²) in [7, 11) is 0. The third-order valence-electron chi connectivity index (χ3n) is 2.64. The number of aromatic nitrogens is 1. The van der Waals surface area contributed by atoms with Crippen LogP contribution in [0.3, 0.4) is 0 Å². The van der Waals surface area contributed by atoms with Gasteiger partial charge in [-0.05, 0) is 12.1 Å². The summed E-state index contributed by atoms with van der Waals surface area (Å²) in [5, 5.41) is 14.0. The molecule has 1 aromatic carbocycles. The molecule has 1 N–H and O–H groups in total. The number of rotatable bonds is 5. The van der Waals surface area contributed by atoms with E-state index in [0.717, 1.165) is 18.2 Å². The number of benzene rings is 1. The first-order valence-electron chi connectivity index (χ1n) is 6.09. The summed E-state index contributed by atoms with van der Waals surface area (Å²) in [5.41, 5.74) is -0.135. The fraction of sp³-hybridized carbons (Fsp3) is 0.308. The highest BCUT2D eigenvalue weighted by atomic mass is 19.1. The Morgan fingerprint density at radius 3 is 2.90 bits per heavy atom. The van der Waals surface area contributed by atoms with E-state index in [2.05, 4.69) is 10.3 Å². The standard InChI is InChI=1S/C13H14FN3O3/c1-8(2)15-7-13-16-6-12(20-13)10-5-9(14)3-4-11(10)17(18)19/h3-6,8,15H,7H2,1-2H3. The lowest BCUT2D eigenvalue weighted by atomic mass is 10.1. The van der Waals surface area contributed by atoms with E-state index in [9.17, 15) is 14.5 Å². The number of nitro benzene ring substituents is 1. The maximum Gasteiger partial charge on any atom is 0.280 e. The summed E-state index contributed by atoms with van der Waals surface area (Å²) in [6.07, 6.45) is 1.36. The summed E-state index contributed by atoms with van der Waals surface area (Å²) in [6.45, 7) is 4.35. The zero-order valence-corrected chi connectivity index (χ0v) is 11.1. The molecule has 0 aliphatic rings. The molecule has 0 atom stereocenters. The van der Waals surface area contributed by atoms with E-state index in [1.54, 1.807) is 0 Å². The third kappa shape index (κ3) is 3.18. The van der Waals surface area contributed by atoms with Crippen LogP contribution in [0.15, 0.2) is 28.8 Å². The van der Waals surface area contributed by atoms with Crippen LogP contribution in [-0.2, 0) is 6.54 Å². The van der Waals surface area contributed by atoms with Gasteiger partial charge in [-0.15, -0.1) is 0 Å². The van der Waals surface area contributed by atoms with Gasteiger partial charge in [0.15, 0.2) is 5.76 Å². The van der Waals surface area contributed by atoms with Gasteiger partial charge in [0.2, 0.25) is 5.89 Å². The van der Waals surface area contributed by atoms with Crippen LogP contribution in [0.4, 0.5) is 10.1 Å². The van der Waals surface area contributed by atoms with Crippen LogP contribution in [-0.4, -0.2) is 15.9 Å². The fourth-order valence-electron chi connectivity index (χ4n) is 1.67. The van der Waals surface area contributed by atoms with Crippen LogP contribution in [0.1, 0.15) is 19.7 Å². The summed E-state index contributed by atoms with van der Waals surface area (Å²) < 4.78 is 18.7. The molecule has 0 amide bonds. The largest absolute Gasteiger partial charge is 0.439 e. The monoisotopic (exact) mass is 279 g/mol. The number of oxazole rings is 1. The van der Waals surface area contributed by atoms with Crippen LogP contribution < -0.4 is 5.32 Å². The van der Waals surface area contributed by atoms with E-state index in [1.807, 2.05) is 13.8 Å². The maximum atomic E-state index is 13.3. The first-order valence-corrected chi connectivity index (χ1v) is 6.09. The normalized spacial score (nSPS) is 11.0. The van der Waals surface area contributed by atoms with E-state index in [0.29, 0.717) is 12.4 Å². The highest BCUT2D eigenvalue weighted by Crippen LogP contribution is 2.30. The molecule has 1 heterocycles. The Bertz CT molecular complexity index is 625. The molecule has 2 rings (SSSR count). The van der Waals surface area contributed by atoms with Gasteiger partial charge in [0.25, 0.3) is 5.69 Å². The Morgan fingerprint density at radius 2 is 2.25 bits per heavy atom. The molecular formula is C13H14FN3O3. The van der Waals surface area contributed by atoms with Crippen molar-refractivity contribution in [2.45, 2.75) is 26.4 Å². The van der Waals surface area contributed by atoms with E-state index in [4.69, 9.17) is 4.42 Å². The van der Waals surface area contributed by atoms with E-state index in [1.165, 1.54) is 6.20 Å². The van der Waals surface area contributed by atoms with Crippen molar-refractivity contribution in [2.75, 3.05) is 0 Å². The van der Waals surface area contributed by atoms with Gasteiger partial charge >= 0.3 is 0 Å². The fourth-order valence-corrected chi connectivity index (χ4v) is 1.67. The van der Waals surface area contributed by atoms with Gasteiger partial charge in [-0.25, -0.2) is 9.37 Å². The lowest BCUT2D eigenvalue weighted by Gasteiger charge is -2.04. The smallest absolute Gasteiger partial charge is 0.280 e.